The highest BCUT2D eigenvalue weighted by molar-refractivity contribution is 6.67. The highest BCUT2D eigenvalue weighted by Gasteiger charge is 2.22. The average Bonchev–Trinajstić information content (AvgIpc) is 2.09. The van der Waals surface area contributed by atoms with Gasteiger partial charge in [-0.3, -0.25) is 4.79 Å². The lowest BCUT2D eigenvalue weighted by molar-refractivity contribution is -0.139. The zero-order chi connectivity index (χ0) is 11.2. The fourth-order valence-corrected chi connectivity index (χ4v) is 0.579. The molecule has 0 rings (SSSR count). The Hall–Kier alpha value is -0.390. The van der Waals surface area contributed by atoms with Crippen LogP contribution >= 0.6 is 34.8 Å². The lowest BCUT2D eigenvalue weighted by Gasteiger charge is -2.11. The number of halogens is 3. The molecule has 8 heteroatoms. The van der Waals surface area contributed by atoms with E-state index >= 15 is 0 Å². The van der Waals surface area contributed by atoms with Crippen molar-refractivity contribution in [3.05, 3.63) is 0 Å². The molecule has 0 heterocycles. The van der Waals surface area contributed by atoms with Gasteiger partial charge in [0.15, 0.2) is 0 Å². The number of esters is 1. The maximum Gasteiger partial charge on any atom is 0.407 e. The predicted molar refractivity (Wildman–Crippen MR) is 51.7 cm³/mol. The summed E-state index contributed by atoms with van der Waals surface area (Å²) in [5.41, 5.74) is 0. The molecular weight excluding hydrogens is 256 g/mol. The molecule has 0 fully saturated rings. The van der Waals surface area contributed by atoms with Crippen molar-refractivity contribution in [1.82, 2.24) is 5.32 Å². The number of methoxy groups -OCH3 is 1. The summed E-state index contributed by atoms with van der Waals surface area (Å²) in [6.07, 6.45) is -0.860. The minimum absolute atomic E-state index is 0.296. The number of alkyl carbamates (subject to hydrolysis) is 1. The number of hydrogen-bond donors (Lipinski definition) is 1. The molecule has 0 bridgehead atoms. The third kappa shape index (κ3) is 8.22. The first-order valence-corrected chi connectivity index (χ1v) is 4.52. The van der Waals surface area contributed by atoms with E-state index in [-0.39, 0.29) is 6.54 Å². The Labute approximate surface area is 95.6 Å². The van der Waals surface area contributed by atoms with Crippen molar-refractivity contribution in [2.45, 2.75) is 3.79 Å². The van der Waals surface area contributed by atoms with Crippen LogP contribution in [-0.2, 0) is 14.3 Å². The topological polar surface area (TPSA) is 64.6 Å². The summed E-state index contributed by atoms with van der Waals surface area (Å²) in [5.74, 6) is -0.601. The lowest BCUT2D eigenvalue weighted by atomic mass is 10.6. The van der Waals surface area contributed by atoms with Gasteiger partial charge in [0, 0.05) is 0 Å². The Morgan fingerprint density at radius 1 is 1.36 bits per heavy atom. The standard InChI is InChI=1S/C6H8Cl3NO4/c1-13-4(11)2-10-5(12)14-3-6(7,8)9/h2-3H2,1H3,(H,10,12). The van der Waals surface area contributed by atoms with Gasteiger partial charge in [0.25, 0.3) is 0 Å². The van der Waals surface area contributed by atoms with Gasteiger partial charge in [-0.25, -0.2) is 4.79 Å². The van der Waals surface area contributed by atoms with E-state index in [4.69, 9.17) is 34.8 Å². The van der Waals surface area contributed by atoms with Gasteiger partial charge in [0.05, 0.1) is 7.11 Å². The fourth-order valence-electron chi connectivity index (χ4n) is 0.415. The Morgan fingerprint density at radius 2 is 1.93 bits per heavy atom. The molecule has 0 aromatic rings. The van der Waals surface area contributed by atoms with E-state index in [1.54, 1.807) is 0 Å². The Bertz CT molecular complexity index is 216. The second kappa shape index (κ2) is 6.16. The largest absolute Gasteiger partial charge is 0.468 e. The molecule has 1 N–H and O–H groups in total. The minimum atomic E-state index is -1.66. The molecule has 0 unspecified atom stereocenters. The molecule has 0 radical (unpaired) electrons. The summed E-state index contributed by atoms with van der Waals surface area (Å²) in [4.78, 5) is 21.3. The Kier molecular flexibility index (Phi) is 5.99. The van der Waals surface area contributed by atoms with Crippen molar-refractivity contribution in [1.29, 1.82) is 0 Å². The number of ether oxygens (including phenoxy) is 2. The number of carbonyl (C=O) groups is 2. The molecule has 0 atom stereocenters. The molecule has 0 spiro atoms. The molecule has 14 heavy (non-hydrogen) atoms. The zero-order valence-corrected chi connectivity index (χ0v) is 9.45. The van der Waals surface area contributed by atoms with Crippen molar-refractivity contribution in [3.8, 4) is 0 Å². The van der Waals surface area contributed by atoms with Crippen LogP contribution in [0.1, 0.15) is 0 Å². The summed E-state index contributed by atoms with van der Waals surface area (Å²) in [7, 11) is 1.19. The number of nitrogens with one attached hydrogen (secondary N) is 1. The maximum absolute atomic E-state index is 10.8. The van der Waals surface area contributed by atoms with Crippen molar-refractivity contribution in [2.75, 3.05) is 20.3 Å². The van der Waals surface area contributed by atoms with Gasteiger partial charge in [-0.1, -0.05) is 34.8 Å². The number of carbonyl (C=O) groups excluding carboxylic acids is 2. The highest BCUT2D eigenvalue weighted by atomic mass is 35.6. The van der Waals surface area contributed by atoms with Crippen LogP contribution in [0.2, 0.25) is 0 Å². The average molecular weight is 264 g/mol. The lowest BCUT2D eigenvalue weighted by Crippen LogP contribution is -2.32. The van der Waals surface area contributed by atoms with Gasteiger partial charge in [-0.15, -0.1) is 0 Å². The number of rotatable bonds is 3. The van der Waals surface area contributed by atoms with Crippen molar-refractivity contribution in [3.63, 3.8) is 0 Å². The van der Waals surface area contributed by atoms with Gasteiger partial charge >= 0.3 is 12.1 Å². The van der Waals surface area contributed by atoms with Crippen LogP contribution in [0, 0.1) is 0 Å². The molecule has 0 aliphatic rings. The van der Waals surface area contributed by atoms with Crippen LogP contribution in [-0.4, -0.2) is 36.1 Å². The first-order valence-electron chi connectivity index (χ1n) is 3.39. The van der Waals surface area contributed by atoms with Crippen molar-refractivity contribution < 1.29 is 19.1 Å². The molecule has 5 nitrogen and oxygen atoms in total. The first kappa shape index (κ1) is 13.6. The summed E-state index contributed by atoms with van der Waals surface area (Å²) in [6.45, 7) is -0.695. The van der Waals surface area contributed by atoms with E-state index in [1.807, 2.05) is 0 Å². The van der Waals surface area contributed by atoms with Crippen LogP contribution in [0.5, 0.6) is 0 Å². The zero-order valence-electron chi connectivity index (χ0n) is 7.18. The number of hydrogen-bond acceptors (Lipinski definition) is 4. The summed E-state index contributed by atoms with van der Waals surface area (Å²) < 4.78 is 7.04. The molecule has 0 aromatic carbocycles. The minimum Gasteiger partial charge on any atom is -0.468 e. The Morgan fingerprint density at radius 3 is 2.36 bits per heavy atom. The molecule has 82 valence electrons. The normalized spacial score (nSPS) is 10.6. The Balaban J connectivity index is 3.62. The van der Waals surface area contributed by atoms with Gasteiger partial charge in [0.1, 0.15) is 13.2 Å². The van der Waals surface area contributed by atoms with Crippen molar-refractivity contribution >= 4 is 46.9 Å². The van der Waals surface area contributed by atoms with Crippen LogP contribution < -0.4 is 5.32 Å². The van der Waals surface area contributed by atoms with E-state index < -0.39 is 22.5 Å². The third-order valence-electron chi connectivity index (χ3n) is 0.972. The molecule has 0 aliphatic carbocycles. The van der Waals surface area contributed by atoms with E-state index in [0.29, 0.717) is 0 Å². The smallest absolute Gasteiger partial charge is 0.407 e. The van der Waals surface area contributed by atoms with Gasteiger partial charge in [-0.05, 0) is 0 Å². The third-order valence-corrected chi connectivity index (χ3v) is 1.30. The van der Waals surface area contributed by atoms with E-state index in [1.165, 1.54) is 7.11 Å². The van der Waals surface area contributed by atoms with Crippen LogP contribution in [0.15, 0.2) is 0 Å². The maximum atomic E-state index is 10.8. The highest BCUT2D eigenvalue weighted by Crippen LogP contribution is 2.25. The summed E-state index contributed by atoms with van der Waals surface area (Å²) in [6, 6.07) is 0. The predicted octanol–water partition coefficient (Wildman–Crippen LogP) is 1.26. The van der Waals surface area contributed by atoms with Gasteiger partial charge in [-0.2, -0.15) is 0 Å². The second-order valence-electron chi connectivity index (χ2n) is 2.12. The van der Waals surface area contributed by atoms with Gasteiger partial charge < -0.3 is 14.8 Å². The van der Waals surface area contributed by atoms with Crippen LogP contribution in [0.25, 0.3) is 0 Å². The number of amides is 1. The first-order chi connectivity index (χ1) is 6.35. The molecular formula is C6H8Cl3NO4. The molecule has 0 aromatic heterocycles. The molecule has 1 amide bonds. The van der Waals surface area contributed by atoms with Gasteiger partial charge in [0.2, 0.25) is 3.79 Å². The van der Waals surface area contributed by atoms with Crippen LogP contribution in [0.4, 0.5) is 4.79 Å². The quantitative estimate of drug-likeness (QED) is 0.615. The van der Waals surface area contributed by atoms with Crippen molar-refractivity contribution in [2.24, 2.45) is 0 Å². The van der Waals surface area contributed by atoms with E-state index in [0.717, 1.165) is 0 Å². The molecule has 0 saturated carbocycles. The second-order valence-corrected chi connectivity index (χ2v) is 4.64. The summed E-state index contributed by atoms with van der Waals surface area (Å²) >= 11 is 15.9. The SMILES string of the molecule is COC(=O)CNC(=O)OCC(Cl)(Cl)Cl. The molecule has 0 saturated heterocycles. The fraction of sp³-hybridized carbons (Fsp3) is 0.667. The number of alkyl halides is 3. The van der Waals surface area contributed by atoms with E-state index in [2.05, 4.69) is 14.8 Å². The monoisotopic (exact) mass is 263 g/mol. The molecule has 0 aliphatic heterocycles. The summed E-state index contributed by atoms with van der Waals surface area (Å²) in [5, 5.41) is 2.09. The van der Waals surface area contributed by atoms with E-state index in [9.17, 15) is 9.59 Å². The van der Waals surface area contributed by atoms with Crippen LogP contribution in [0.3, 0.4) is 0 Å².